The van der Waals surface area contributed by atoms with Crippen LogP contribution in [0.3, 0.4) is 0 Å². The van der Waals surface area contributed by atoms with Crippen molar-refractivity contribution in [3.63, 3.8) is 0 Å². The number of ether oxygens (including phenoxy) is 4. The van der Waals surface area contributed by atoms with Crippen molar-refractivity contribution in [1.82, 2.24) is 14.7 Å². The second-order valence-electron chi connectivity index (χ2n) is 10.4. The van der Waals surface area contributed by atoms with Crippen molar-refractivity contribution >= 4 is 11.7 Å². The Hall–Kier alpha value is -3.21. The molecule has 0 bridgehead atoms. The average Bonchev–Trinajstić information content (AvgIpc) is 3.08. The number of anilines is 1. The van der Waals surface area contributed by atoms with Gasteiger partial charge in [-0.25, -0.2) is 9.69 Å². The Bertz CT molecular complexity index is 1190. The second-order valence-corrected chi connectivity index (χ2v) is 10.4. The molecule has 2 saturated heterocycles. The molecule has 1 aromatic carbocycles. The summed E-state index contributed by atoms with van der Waals surface area (Å²) in [6, 6.07) is 5.16. The lowest BCUT2D eigenvalue weighted by Gasteiger charge is -2.44. The van der Waals surface area contributed by atoms with Gasteiger partial charge in [0.05, 0.1) is 44.4 Å². The van der Waals surface area contributed by atoms with E-state index in [0.717, 1.165) is 36.3 Å². The van der Waals surface area contributed by atoms with Crippen LogP contribution in [0.4, 0.5) is 10.5 Å². The Balaban J connectivity index is 1.35. The molecule has 0 radical (unpaired) electrons. The summed E-state index contributed by atoms with van der Waals surface area (Å²) >= 11 is 0. The number of aliphatic hydroxyl groups excluding tert-OH is 1. The number of benzene rings is 1. The van der Waals surface area contributed by atoms with E-state index in [-0.39, 0.29) is 17.7 Å². The topological polar surface area (TPSA) is 96.0 Å². The fraction of sp³-hybridized carbons (Fsp3) is 0.552. The van der Waals surface area contributed by atoms with Crippen molar-refractivity contribution in [2.24, 2.45) is 0 Å². The van der Waals surface area contributed by atoms with E-state index in [9.17, 15) is 9.90 Å². The molecule has 3 heterocycles. The maximum Gasteiger partial charge on any atom is 0.321 e. The minimum Gasteiger partial charge on any atom is -0.501 e. The molecule has 10 nitrogen and oxygen atoms in total. The summed E-state index contributed by atoms with van der Waals surface area (Å²) in [5, 5.41) is 14.5. The van der Waals surface area contributed by atoms with Crippen LogP contribution in [0.2, 0.25) is 0 Å². The molecule has 212 valence electrons. The molecule has 2 fully saturated rings. The van der Waals surface area contributed by atoms with Gasteiger partial charge in [0, 0.05) is 51.5 Å². The van der Waals surface area contributed by atoms with E-state index in [1.54, 1.807) is 46.6 Å². The highest BCUT2D eigenvalue weighted by Crippen LogP contribution is 2.48. The van der Waals surface area contributed by atoms with Gasteiger partial charge in [-0.05, 0) is 48.6 Å². The van der Waals surface area contributed by atoms with Crippen LogP contribution >= 0.6 is 0 Å². The third-order valence-electron chi connectivity index (χ3n) is 8.69. The molecule has 4 aliphatic rings. The number of likely N-dealkylation sites (N-methyl/N-ethyl adjacent to an activating group) is 1. The monoisotopic (exact) mass is 540 g/mol. The first-order valence-electron chi connectivity index (χ1n) is 13.6. The zero-order valence-electron chi connectivity index (χ0n) is 23.5. The van der Waals surface area contributed by atoms with Gasteiger partial charge in [-0.1, -0.05) is 13.0 Å². The van der Waals surface area contributed by atoms with E-state index in [1.807, 2.05) is 4.90 Å². The predicted molar refractivity (Wildman–Crippen MR) is 147 cm³/mol. The van der Waals surface area contributed by atoms with E-state index in [1.165, 1.54) is 5.57 Å². The van der Waals surface area contributed by atoms with Gasteiger partial charge in [-0.2, -0.15) is 0 Å². The van der Waals surface area contributed by atoms with Gasteiger partial charge in [0.15, 0.2) is 6.35 Å². The molecule has 3 aliphatic heterocycles. The van der Waals surface area contributed by atoms with Crippen LogP contribution < -0.4 is 14.8 Å². The second kappa shape index (κ2) is 11.1. The smallest absolute Gasteiger partial charge is 0.321 e. The average molecular weight is 541 g/mol. The standard InChI is InChI=1S/C29H40N4O6/c1-6-33-28(35)32-18-19-15-21(37-3)17-24(38-4)22(19)8-10-26(32)29(33)11-13-31(14-12-29)27(34)30-23-9-7-20(36-2)16-25(23)39-5/h7,9-10,15-16,24,28,35H,6,8,11-14,17-18H2,1-5H3,(H,30,34). The zero-order valence-corrected chi connectivity index (χ0v) is 23.5. The number of fused-ring (bicyclic) bond motifs is 2. The van der Waals surface area contributed by atoms with Gasteiger partial charge in [0.1, 0.15) is 11.5 Å². The first kappa shape index (κ1) is 27.4. The predicted octanol–water partition coefficient (Wildman–Crippen LogP) is 3.52. The van der Waals surface area contributed by atoms with Crippen LogP contribution in [0.5, 0.6) is 11.5 Å². The maximum absolute atomic E-state index is 13.2. The van der Waals surface area contributed by atoms with Gasteiger partial charge < -0.3 is 39.2 Å². The highest BCUT2D eigenvalue weighted by molar-refractivity contribution is 5.91. The van der Waals surface area contributed by atoms with E-state index >= 15 is 0 Å². The van der Waals surface area contributed by atoms with Gasteiger partial charge in [0.2, 0.25) is 0 Å². The number of carbonyl (C=O) groups is 1. The molecule has 2 atom stereocenters. The molecule has 0 saturated carbocycles. The molecule has 0 aromatic heterocycles. The number of nitrogens with zero attached hydrogens (tertiary/aromatic N) is 3. The van der Waals surface area contributed by atoms with E-state index in [2.05, 4.69) is 34.2 Å². The number of likely N-dealkylation sites (tertiary alicyclic amines) is 1. The molecule has 5 rings (SSSR count). The summed E-state index contributed by atoms with van der Waals surface area (Å²) in [6.45, 7) is 4.52. The Kier molecular flexibility index (Phi) is 7.80. The lowest BCUT2D eigenvalue weighted by Crippen LogP contribution is -2.56. The van der Waals surface area contributed by atoms with Crippen molar-refractivity contribution in [2.75, 3.05) is 59.9 Å². The fourth-order valence-electron chi connectivity index (χ4n) is 6.61. The Labute approximate surface area is 230 Å². The van der Waals surface area contributed by atoms with Crippen LogP contribution in [0.25, 0.3) is 0 Å². The van der Waals surface area contributed by atoms with E-state index < -0.39 is 6.35 Å². The molecule has 2 amide bonds. The van der Waals surface area contributed by atoms with Crippen molar-refractivity contribution in [2.45, 2.75) is 50.6 Å². The summed E-state index contributed by atoms with van der Waals surface area (Å²) in [6.07, 6.45) is 6.54. The number of amides is 2. The van der Waals surface area contributed by atoms with Gasteiger partial charge in [0.25, 0.3) is 0 Å². The highest BCUT2D eigenvalue weighted by atomic mass is 16.5. The molecule has 2 unspecified atom stereocenters. The first-order valence-corrected chi connectivity index (χ1v) is 13.6. The van der Waals surface area contributed by atoms with Crippen molar-refractivity contribution in [3.8, 4) is 11.5 Å². The van der Waals surface area contributed by atoms with Gasteiger partial charge >= 0.3 is 6.03 Å². The van der Waals surface area contributed by atoms with Crippen molar-refractivity contribution < 1.29 is 28.8 Å². The minimum absolute atomic E-state index is 0.0345. The zero-order chi connectivity index (χ0) is 27.7. The highest BCUT2D eigenvalue weighted by Gasteiger charge is 2.55. The fourth-order valence-corrected chi connectivity index (χ4v) is 6.61. The summed E-state index contributed by atoms with van der Waals surface area (Å²) in [5.41, 5.74) is 3.80. The number of nitrogens with one attached hydrogen (secondary N) is 1. The summed E-state index contributed by atoms with van der Waals surface area (Å²) < 4.78 is 22.1. The third-order valence-corrected chi connectivity index (χ3v) is 8.69. The first-order chi connectivity index (χ1) is 18.9. The summed E-state index contributed by atoms with van der Waals surface area (Å²) in [5.74, 6) is 2.10. The maximum atomic E-state index is 13.2. The van der Waals surface area contributed by atoms with Crippen molar-refractivity contribution in [3.05, 3.63) is 53.0 Å². The SMILES string of the molecule is CCN1C(O)N2CC3=C(CC=C2C12CCN(C(=O)Nc1ccc(OC)cc1OC)CC2)C(OC)CC(OC)=C3. The molecule has 1 aliphatic carbocycles. The van der Waals surface area contributed by atoms with Crippen LogP contribution in [-0.2, 0) is 9.47 Å². The number of piperidine rings is 1. The van der Waals surface area contributed by atoms with Crippen LogP contribution in [-0.4, -0.2) is 98.5 Å². The number of carbonyl (C=O) groups excluding carboxylic acids is 1. The minimum atomic E-state index is -0.737. The summed E-state index contributed by atoms with van der Waals surface area (Å²) in [7, 11) is 6.59. The molecule has 1 spiro atoms. The Morgan fingerprint density at radius 1 is 1.13 bits per heavy atom. The number of methoxy groups -OCH3 is 4. The Morgan fingerprint density at radius 3 is 2.54 bits per heavy atom. The van der Waals surface area contributed by atoms with Crippen LogP contribution in [0.15, 0.2) is 53.0 Å². The van der Waals surface area contributed by atoms with E-state index in [4.69, 9.17) is 18.9 Å². The summed E-state index contributed by atoms with van der Waals surface area (Å²) in [4.78, 5) is 19.4. The van der Waals surface area contributed by atoms with E-state index in [0.29, 0.717) is 49.8 Å². The van der Waals surface area contributed by atoms with Crippen LogP contribution in [0, 0.1) is 0 Å². The number of rotatable bonds is 6. The molecule has 39 heavy (non-hydrogen) atoms. The lowest BCUT2D eigenvalue weighted by atomic mass is 9.83. The number of aliphatic hydroxyl groups is 1. The number of hydrogen-bond donors (Lipinski definition) is 2. The van der Waals surface area contributed by atoms with Gasteiger partial charge in [-0.15, -0.1) is 0 Å². The van der Waals surface area contributed by atoms with Crippen molar-refractivity contribution in [1.29, 1.82) is 0 Å². The molecular weight excluding hydrogens is 500 g/mol. The van der Waals surface area contributed by atoms with Gasteiger partial charge in [-0.3, -0.25) is 0 Å². The molecule has 10 heteroatoms. The number of allylic oxidation sites excluding steroid dienone is 1. The molecule has 1 aromatic rings. The quantitative estimate of drug-likeness (QED) is 0.566. The largest absolute Gasteiger partial charge is 0.501 e. The van der Waals surface area contributed by atoms with Crippen LogP contribution in [0.1, 0.15) is 32.6 Å². The molecule has 2 N–H and O–H groups in total. The normalized spacial score (nSPS) is 24.5. The number of hydrogen-bond acceptors (Lipinski definition) is 8. The number of urea groups is 1. The molecular formula is C29H40N4O6. The Morgan fingerprint density at radius 2 is 1.90 bits per heavy atom. The lowest BCUT2D eigenvalue weighted by molar-refractivity contribution is -0.0800. The third kappa shape index (κ3) is 4.74.